The quantitative estimate of drug-likeness (QED) is 0.875. The Bertz CT molecular complexity index is 719. The van der Waals surface area contributed by atoms with Crippen LogP contribution in [-0.2, 0) is 9.53 Å². The van der Waals surface area contributed by atoms with Gasteiger partial charge in [0.25, 0.3) is 0 Å². The molecule has 1 N–H and O–H groups in total. The van der Waals surface area contributed by atoms with Gasteiger partial charge in [-0.2, -0.15) is 0 Å². The zero-order valence-electron chi connectivity index (χ0n) is 13.8. The second kappa shape index (κ2) is 6.69. The molecule has 0 heterocycles. The summed E-state index contributed by atoms with van der Waals surface area (Å²) in [7, 11) is 1.61. The van der Waals surface area contributed by atoms with Gasteiger partial charge in [0.2, 0.25) is 0 Å². The summed E-state index contributed by atoms with van der Waals surface area (Å²) in [6.07, 6.45) is 0.0682. The lowest BCUT2D eigenvalue weighted by molar-refractivity contribution is -0.109. The number of carbonyl (C=O) groups is 2. The third-order valence-corrected chi connectivity index (χ3v) is 3.24. The van der Waals surface area contributed by atoms with Crippen LogP contribution in [-0.4, -0.2) is 25.1 Å². The Morgan fingerprint density at radius 3 is 2.39 bits per heavy atom. The fourth-order valence-electron chi connectivity index (χ4n) is 2.19. The monoisotopic (exact) mass is 315 g/mol. The lowest BCUT2D eigenvalue weighted by atomic mass is 10.0. The maximum absolute atomic E-state index is 11.8. The van der Waals surface area contributed by atoms with Gasteiger partial charge in [-0.25, -0.2) is 4.79 Å². The van der Waals surface area contributed by atoms with Gasteiger partial charge in [0.15, 0.2) is 0 Å². The molecule has 1 atom stereocenters. The van der Waals surface area contributed by atoms with Crippen LogP contribution in [0.2, 0.25) is 0 Å². The van der Waals surface area contributed by atoms with Crippen LogP contribution in [0.4, 0.5) is 4.79 Å². The number of aldehydes is 1. The van der Waals surface area contributed by atoms with Crippen molar-refractivity contribution in [1.82, 2.24) is 5.32 Å². The summed E-state index contributed by atoms with van der Waals surface area (Å²) in [6.45, 7) is 5.31. The average Bonchev–Trinajstić information content (AvgIpc) is 2.49. The number of fused-ring (bicyclic) bond motifs is 1. The highest BCUT2D eigenvalue weighted by Crippen LogP contribution is 2.24. The number of nitrogens with one attached hydrogen (secondary N) is 1. The Kier molecular flexibility index (Phi) is 4.89. The van der Waals surface area contributed by atoms with Gasteiger partial charge in [-0.3, -0.25) is 0 Å². The van der Waals surface area contributed by atoms with E-state index in [9.17, 15) is 9.59 Å². The van der Waals surface area contributed by atoms with Crippen molar-refractivity contribution in [2.24, 2.45) is 0 Å². The van der Waals surface area contributed by atoms with E-state index >= 15 is 0 Å². The molecule has 1 amide bonds. The van der Waals surface area contributed by atoms with E-state index in [2.05, 4.69) is 5.32 Å². The Labute approximate surface area is 135 Å². The van der Waals surface area contributed by atoms with E-state index in [0.717, 1.165) is 16.5 Å². The second-order valence-electron chi connectivity index (χ2n) is 6.23. The molecule has 23 heavy (non-hydrogen) atoms. The average molecular weight is 315 g/mol. The summed E-state index contributed by atoms with van der Waals surface area (Å²) in [5.74, 6) is 0.768. The molecule has 0 saturated carbocycles. The number of alkyl carbamates (subject to hydrolysis) is 1. The molecule has 0 aliphatic rings. The number of rotatable bonds is 4. The Hall–Kier alpha value is -2.56. The highest BCUT2D eigenvalue weighted by Gasteiger charge is 2.20. The van der Waals surface area contributed by atoms with Gasteiger partial charge in [-0.1, -0.05) is 18.2 Å². The smallest absolute Gasteiger partial charge is 0.408 e. The highest BCUT2D eigenvalue weighted by molar-refractivity contribution is 5.86. The number of hydrogen-bond acceptors (Lipinski definition) is 4. The van der Waals surface area contributed by atoms with E-state index in [0.29, 0.717) is 11.8 Å². The standard InChI is InChI=1S/C18H21NO4/c1-18(2,3)23-17(21)19-16(11-20)14-6-5-13-10-15(22-4)8-7-12(13)9-14/h5-11,16H,1-4H3,(H,19,21). The minimum Gasteiger partial charge on any atom is -0.497 e. The predicted molar refractivity (Wildman–Crippen MR) is 88.7 cm³/mol. The molecule has 0 saturated heterocycles. The van der Waals surface area contributed by atoms with Crippen LogP contribution in [0.5, 0.6) is 5.75 Å². The van der Waals surface area contributed by atoms with Crippen molar-refractivity contribution in [3.8, 4) is 5.75 Å². The van der Waals surface area contributed by atoms with E-state index in [-0.39, 0.29) is 0 Å². The number of benzene rings is 2. The van der Waals surface area contributed by atoms with E-state index in [1.54, 1.807) is 33.9 Å². The molecule has 5 nitrogen and oxygen atoms in total. The molecular formula is C18H21NO4. The molecular weight excluding hydrogens is 294 g/mol. The third-order valence-electron chi connectivity index (χ3n) is 3.24. The van der Waals surface area contributed by atoms with Gasteiger partial charge in [-0.15, -0.1) is 0 Å². The van der Waals surface area contributed by atoms with Crippen LogP contribution in [0, 0.1) is 0 Å². The van der Waals surface area contributed by atoms with Gasteiger partial charge in [0, 0.05) is 0 Å². The SMILES string of the molecule is COc1ccc2cc(C(C=O)NC(=O)OC(C)(C)C)ccc2c1. The van der Waals surface area contributed by atoms with Crippen molar-refractivity contribution >= 4 is 23.2 Å². The third kappa shape index (κ3) is 4.45. The van der Waals surface area contributed by atoms with Crippen molar-refractivity contribution in [2.45, 2.75) is 32.4 Å². The van der Waals surface area contributed by atoms with E-state index in [1.807, 2.05) is 30.3 Å². The summed E-state index contributed by atoms with van der Waals surface area (Å²) in [6, 6.07) is 10.5. The van der Waals surface area contributed by atoms with E-state index in [4.69, 9.17) is 9.47 Å². The van der Waals surface area contributed by atoms with Crippen LogP contribution >= 0.6 is 0 Å². The molecule has 122 valence electrons. The van der Waals surface area contributed by atoms with Crippen molar-refractivity contribution in [1.29, 1.82) is 0 Å². The summed E-state index contributed by atoms with van der Waals surface area (Å²) in [5.41, 5.74) is 0.0841. The number of methoxy groups -OCH3 is 1. The van der Waals surface area contributed by atoms with Crippen molar-refractivity contribution in [3.05, 3.63) is 42.0 Å². The van der Waals surface area contributed by atoms with E-state index in [1.165, 1.54) is 0 Å². The first-order valence-corrected chi connectivity index (χ1v) is 7.35. The van der Waals surface area contributed by atoms with Gasteiger partial charge in [-0.05, 0) is 55.3 Å². The molecule has 0 bridgehead atoms. The highest BCUT2D eigenvalue weighted by atomic mass is 16.6. The van der Waals surface area contributed by atoms with Gasteiger partial charge >= 0.3 is 6.09 Å². The topological polar surface area (TPSA) is 64.6 Å². The first-order chi connectivity index (χ1) is 10.8. The van der Waals surface area contributed by atoms with Crippen molar-refractivity contribution < 1.29 is 19.1 Å². The summed E-state index contributed by atoms with van der Waals surface area (Å²) >= 11 is 0. The van der Waals surface area contributed by atoms with Gasteiger partial charge < -0.3 is 19.6 Å². The summed E-state index contributed by atoms with van der Waals surface area (Å²) < 4.78 is 10.4. The van der Waals surface area contributed by atoms with Crippen LogP contribution in [0.3, 0.4) is 0 Å². The molecule has 5 heteroatoms. The molecule has 2 aromatic carbocycles. The van der Waals surface area contributed by atoms with Crippen LogP contribution in [0.25, 0.3) is 10.8 Å². The molecule has 0 aliphatic heterocycles. The largest absolute Gasteiger partial charge is 0.497 e. The van der Waals surface area contributed by atoms with Crippen molar-refractivity contribution in [2.75, 3.05) is 7.11 Å². The minimum absolute atomic E-state index is 0.614. The Balaban J connectivity index is 2.22. The maximum Gasteiger partial charge on any atom is 0.408 e. The molecule has 1 unspecified atom stereocenters. The van der Waals surface area contributed by atoms with Crippen LogP contribution < -0.4 is 10.1 Å². The number of ether oxygens (including phenoxy) is 2. The summed E-state index contributed by atoms with van der Waals surface area (Å²) in [4.78, 5) is 23.2. The zero-order valence-corrected chi connectivity index (χ0v) is 13.8. The van der Waals surface area contributed by atoms with Gasteiger partial charge in [0.05, 0.1) is 7.11 Å². The van der Waals surface area contributed by atoms with Crippen LogP contribution in [0.1, 0.15) is 32.4 Å². The molecule has 0 radical (unpaired) electrons. The molecule has 0 aromatic heterocycles. The number of amides is 1. The fourth-order valence-corrected chi connectivity index (χ4v) is 2.19. The number of carbonyl (C=O) groups excluding carboxylic acids is 2. The number of hydrogen-bond donors (Lipinski definition) is 1. The summed E-state index contributed by atoms with van der Waals surface area (Å²) in [5, 5.41) is 4.53. The van der Waals surface area contributed by atoms with Crippen LogP contribution in [0.15, 0.2) is 36.4 Å². The maximum atomic E-state index is 11.8. The molecule has 2 rings (SSSR count). The Morgan fingerprint density at radius 2 is 1.78 bits per heavy atom. The molecule has 0 fully saturated rings. The zero-order chi connectivity index (χ0) is 17.0. The molecule has 2 aromatic rings. The lowest BCUT2D eigenvalue weighted by Crippen LogP contribution is -2.35. The van der Waals surface area contributed by atoms with E-state index < -0.39 is 17.7 Å². The normalized spacial score (nSPS) is 12.5. The van der Waals surface area contributed by atoms with Gasteiger partial charge in [0.1, 0.15) is 23.7 Å². The minimum atomic E-state index is -0.753. The second-order valence-corrected chi connectivity index (χ2v) is 6.23. The Morgan fingerprint density at radius 1 is 1.13 bits per heavy atom. The van der Waals surface area contributed by atoms with Crippen molar-refractivity contribution in [3.63, 3.8) is 0 Å². The molecule has 0 aliphatic carbocycles. The predicted octanol–water partition coefficient (Wildman–Crippen LogP) is 3.61. The fraction of sp³-hybridized carbons (Fsp3) is 0.333. The molecule has 0 spiro atoms. The first-order valence-electron chi connectivity index (χ1n) is 7.35. The first kappa shape index (κ1) is 16.8. The lowest BCUT2D eigenvalue weighted by Gasteiger charge is -2.21.